The minimum atomic E-state index is -0.967. The first kappa shape index (κ1) is 14.1. The van der Waals surface area contributed by atoms with Crippen LogP contribution in [0.25, 0.3) is 0 Å². The Hall–Kier alpha value is -1.95. The van der Waals surface area contributed by atoms with Crippen molar-refractivity contribution in [3.8, 4) is 0 Å². The summed E-state index contributed by atoms with van der Waals surface area (Å²) in [5.74, 6) is -0.579. The molecule has 0 aliphatic carbocycles. The van der Waals surface area contributed by atoms with Gasteiger partial charge < -0.3 is 11.5 Å². The molecule has 1 aromatic rings. The first-order chi connectivity index (χ1) is 7.11. The fourth-order valence-corrected chi connectivity index (χ4v) is 0.911. The molecule has 1 aromatic carbocycles. The predicted molar refractivity (Wildman–Crippen MR) is 65.8 cm³/mol. The third-order valence-corrected chi connectivity index (χ3v) is 1.63. The summed E-state index contributed by atoms with van der Waals surface area (Å²) < 4.78 is 0. The van der Waals surface area contributed by atoms with Crippen molar-refractivity contribution < 1.29 is 0 Å². The number of nitrogens with zero attached hydrogens (tertiary/aromatic N) is 2. The maximum Gasteiger partial charge on any atom is 0.184 e. The molecule has 0 saturated carbocycles. The van der Waals surface area contributed by atoms with Gasteiger partial charge in [-0.15, -0.1) is 12.4 Å². The van der Waals surface area contributed by atoms with Gasteiger partial charge in [-0.1, -0.05) is 18.2 Å². The Kier molecular flexibility index (Phi) is 5.72. The lowest BCUT2D eigenvalue weighted by Crippen LogP contribution is -2.37. The van der Waals surface area contributed by atoms with Crippen LogP contribution in [0.15, 0.2) is 40.6 Å². The van der Waals surface area contributed by atoms with E-state index in [4.69, 9.17) is 22.3 Å². The Labute approximate surface area is 99.2 Å². The van der Waals surface area contributed by atoms with Gasteiger partial charge in [0.25, 0.3) is 0 Å². The fraction of sp³-hybridized carbons (Fsp3) is 0.111. The van der Waals surface area contributed by atoms with E-state index < -0.39 is 6.04 Å². The van der Waals surface area contributed by atoms with E-state index in [-0.39, 0.29) is 24.1 Å². The maximum absolute atomic E-state index is 7.15. The number of hydrogen-bond donors (Lipinski definition) is 4. The van der Waals surface area contributed by atoms with E-state index in [0.29, 0.717) is 5.69 Å². The average Bonchev–Trinajstić information content (AvgIpc) is 2.18. The molecule has 0 aromatic heterocycles. The molecule has 0 spiro atoms. The average molecular weight is 241 g/mol. The zero-order valence-electron chi connectivity index (χ0n) is 8.42. The third kappa shape index (κ3) is 4.05. The molecule has 16 heavy (non-hydrogen) atoms. The summed E-state index contributed by atoms with van der Waals surface area (Å²) in [5, 5.41) is 21.9. The minimum Gasteiger partial charge on any atom is -0.385 e. The Morgan fingerprint density at radius 1 is 1.06 bits per heavy atom. The molecule has 0 saturated heterocycles. The van der Waals surface area contributed by atoms with Crippen molar-refractivity contribution in [2.24, 2.45) is 21.7 Å². The Morgan fingerprint density at radius 3 is 2.00 bits per heavy atom. The zero-order chi connectivity index (χ0) is 11.3. The summed E-state index contributed by atoms with van der Waals surface area (Å²) in [6.45, 7) is 0. The van der Waals surface area contributed by atoms with E-state index in [2.05, 4.69) is 10.2 Å². The third-order valence-electron chi connectivity index (χ3n) is 1.63. The van der Waals surface area contributed by atoms with Gasteiger partial charge in [0.2, 0.25) is 0 Å². The maximum atomic E-state index is 7.15. The normalized spacial score (nSPS) is 11.8. The van der Waals surface area contributed by atoms with Crippen LogP contribution in [0.2, 0.25) is 0 Å². The number of nitrogens with two attached hydrogens (primary N) is 2. The highest BCUT2D eigenvalue weighted by Gasteiger charge is 2.13. The lowest BCUT2D eigenvalue weighted by molar-refractivity contribution is 0.965. The van der Waals surface area contributed by atoms with E-state index in [9.17, 15) is 0 Å². The minimum absolute atomic E-state index is 0. The van der Waals surface area contributed by atoms with E-state index in [1.807, 2.05) is 18.2 Å². The number of halogens is 1. The molecule has 0 atom stereocenters. The van der Waals surface area contributed by atoms with Crippen molar-refractivity contribution in [2.75, 3.05) is 0 Å². The molecule has 0 radical (unpaired) electrons. The smallest absolute Gasteiger partial charge is 0.184 e. The number of hydrogen-bond acceptors (Lipinski definition) is 4. The topological polar surface area (TPSA) is 124 Å². The molecule has 0 fully saturated rings. The summed E-state index contributed by atoms with van der Waals surface area (Å²) in [6, 6.07) is 8.01. The summed E-state index contributed by atoms with van der Waals surface area (Å²) >= 11 is 0. The van der Waals surface area contributed by atoms with Crippen LogP contribution in [0.3, 0.4) is 0 Å². The number of benzene rings is 1. The highest BCUT2D eigenvalue weighted by molar-refractivity contribution is 6.05. The van der Waals surface area contributed by atoms with E-state index in [1.54, 1.807) is 12.1 Å². The van der Waals surface area contributed by atoms with Gasteiger partial charge in [-0.05, 0) is 12.1 Å². The van der Waals surface area contributed by atoms with Gasteiger partial charge in [-0.25, -0.2) is 0 Å². The first-order valence-electron chi connectivity index (χ1n) is 4.25. The molecular weight excluding hydrogens is 228 g/mol. The largest absolute Gasteiger partial charge is 0.385 e. The SMILES string of the molecule is Cl.N=C(N)C(N=Nc1ccccc1)C(=N)N. The van der Waals surface area contributed by atoms with Crippen molar-refractivity contribution in [1.82, 2.24) is 0 Å². The lowest BCUT2D eigenvalue weighted by Gasteiger charge is -2.05. The van der Waals surface area contributed by atoms with E-state index >= 15 is 0 Å². The molecule has 0 aliphatic rings. The first-order valence-corrected chi connectivity index (χ1v) is 4.25. The van der Waals surface area contributed by atoms with Gasteiger partial charge in [-0.2, -0.15) is 10.2 Å². The number of amidine groups is 2. The molecule has 1 rings (SSSR count). The van der Waals surface area contributed by atoms with Gasteiger partial charge in [0.1, 0.15) is 11.7 Å². The lowest BCUT2D eigenvalue weighted by atomic mass is 10.3. The quantitative estimate of drug-likeness (QED) is 0.361. The summed E-state index contributed by atoms with van der Waals surface area (Å²) in [6.07, 6.45) is 0. The number of nitrogens with one attached hydrogen (secondary N) is 2. The molecule has 86 valence electrons. The molecule has 6 N–H and O–H groups in total. The molecule has 6 nitrogen and oxygen atoms in total. The van der Waals surface area contributed by atoms with Crippen LogP contribution in [-0.2, 0) is 0 Å². The Morgan fingerprint density at radius 2 is 1.56 bits per heavy atom. The summed E-state index contributed by atoms with van der Waals surface area (Å²) in [5.41, 5.74) is 11.1. The monoisotopic (exact) mass is 240 g/mol. The molecule has 0 amide bonds. The van der Waals surface area contributed by atoms with Gasteiger partial charge in [0, 0.05) is 0 Å². The van der Waals surface area contributed by atoms with Crippen LogP contribution in [0.5, 0.6) is 0 Å². The molecule has 0 bridgehead atoms. The zero-order valence-corrected chi connectivity index (χ0v) is 9.24. The second kappa shape index (κ2) is 6.52. The highest BCUT2D eigenvalue weighted by atomic mass is 35.5. The van der Waals surface area contributed by atoms with Crippen LogP contribution in [0, 0.1) is 10.8 Å². The van der Waals surface area contributed by atoms with Crippen LogP contribution < -0.4 is 11.5 Å². The van der Waals surface area contributed by atoms with Gasteiger partial charge in [0.05, 0.1) is 5.69 Å². The van der Waals surface area contributed by atoms with Crippen LogP contribution in [-0.4, -0.2) is 17.7 Å². The Balaban J connectivity index is 0.00000225. The van der Waals surface area contributed by atoms with Crippen molar-refractivity contribution >= 4 is 29.8 Å². The fourth-order valence-electron chi connectivity index (χ4n) is 0.911. The molecule has 0 unspecified atom stereocenters. The van der Waals surface area contributed by atoms with Gasteiger partial charge in [-0.3, -0.25) is 10.8 Å². The molecule has 7 heteroatoms. The number of rotatable bonds is 4. The number of azo groups is 1. The summed E-state index contributed by atoms with van der Waals surface area (Å²) in [7, 11) is 0. The van der Waals surface area contributed by atoms with Crippen molar-refractivity contribution in [3.63, 3.8) is 0 Å². The summed E-state index contributed by atoms with van der Waals surface area (Å²) in [4.78, 5) is 0. The standard InChI is InChI=1S/C9H12N6.ClH/c10-8(11)7(9(12)13)15-14-6-4-2-1-3-5-6;/h1-5,7H,(H3,10,11)(H3,12,13);1H. The van der Waals surface area contributed by atoms with Crippen LogP contribution >= 0.6 is 12.4 Å². The molecular formula is C9H13ClN6. The second-order valence-electron chi connectivity index (χ2n) is 2.86. The predicted octanol–water partition coefficient (Wildman–Crippen LogP) is 1.43. The van der Waals surface area contributed by atoms with Crippen LogP contribution in [0.4, 0.5) is 5.69 Å². The highest BCUT2D eigenvalue weighted by Crippen LogP contribution is 2.10. The molecule has 0 aliphatic heterocycles. The Bertz CT molecular complexity index is 374. The van der Waals surface area contributed by atoms with Crippen molar-refractivity contribution in [2.45, 2.75) is 6.04 Å². The van der Waals surface area contributed by atoms with Gasteiger partial charge >= 0.3 is 0 Å². The van der Waals surface area contributed by atoms with Crippen LogP contribution in [0.1, 0.15) is 0 Å². The second-order valence-corrected chi connectivity index (χ2v) is 2.86. The van der Waals surface area contributed by atoms with E-state index in [0.717, 1.165) is 0 Å². The van der Waals surface area contributed by atoms with E-state index in [1.165, 1.54) is 0 Å². The molecule has 0 heterocycles. The van der Waals surface area contributed by atoms with Crippen molar-refractivity contribution in [1.29, 1.82) is 10.8 Å². The van der Waals surface area contributed by atoms with Gasteiger partial charge in [0.15, 0.2) is 6.04 Å². The van der Waals surface area contributed by atoms with Crippen molar-refractivity contribution in [3.05, 3.63) is 30.3 Å².